The van der Waals surface area contributed by atoms with E-state index in [0.29, 0.717) is 34.3 Å². The Kier molecular flexibility index (Phi) is 3.16. The maximum Gasteiger partial charge on any atom is 0.338 e. The second-order valence-corrected chi connectivity index (χ2v) is 11.2. The zero-order valence-corrected chi connectivity index (χ0v) is 17.3. The van der Waals surface area contributed by atoms with Crippen LogP contribution in [0.5, 0.6) is 0 Å². The highest BCUT2D eigenvalue weighted by Crippen LogP contribution is 2.83. The second kappa shape index (κ2) is 5.35. The number of carbonyl (C=O) groups excluding carboxylic acids is 1. The molecule has 9 atom stereocenters. The maximum absolute atomic E-state index is 12.5. The zero-order valence-electron chi connectivity index (χ0n) is 17.3. The smallest absolute Gasteiger partial charge is 0.338 e. The van der Waals surface area contributed by atoms with Crippen LogP contribution in [-0.4, -0.2) is 36.1 Å². The van der Waals surface area contributed by atoms with E-state index < -0.39 is 0 Å². The van der Waals surface area contributed by atoms with Gasteiger partial charge in [-0.05, 0) is 78.2 Å². The largest absolute Gasteiger partial charge is 0.462 e. The first-order valence-corrected chi connectivity index (χ1v) is 11.7. The van der Waals surface area contributed by atoms with Crippen LogP contribution < -0.4 is 0 Å². The molecule has 1 aromatic rings. The van der Waals surface area contributed by atoms with E-state index >= 15 is 0 Å². The fourth-order valence-corrected chi connectivity index (χ4v) is 10.1. The molecule has 8 bridgehead atoms. The molecule has 152 valence electrons. The van der Waals surface area contributed by atoms with Crippen LogP contribution in [0.4, 0.5) is 0 Å². The van der Waals surface area contributed by atoms with Crippen molar-refractivity contribution in [3.63, 3.8) is 0 Å². The van der Waals surface area contributed by atoms with Crippen molar-refractivity contribution in [1.29, 1.82) is 0 Å². The van der Waals surface area contributed by atoms with Crippen LogP contribution in [0.1, 0.15) is 55.8 Å². The minimum Gasteiger partial charge on any atom is -0.462 e. The lowest BCUT2D eigenvalue weighted by molar-refractivity contribution is -0.0903. The summed E-state index contributed by atoms with van der Waals surface area (Å²) in [4.78, 5) is 15.5. The molecular weight excluding hydrogens is 358 g/mol. The summed E-state index contributed by atoms with van der Waals surface area (Å²) in [5.74, 6) is 2.24. The van der Waals surface area contributed by atoms with E-state index in [1.807, 2.05) is 30.3 Å². The van der Waals surface area contributed by atoms with Gasteiger partial charge in [-0.25, -0.2) is 4.79 Å². The monoisotopic (exact) mass is 389 g/mol. The second-order valence-electron chi connectivity index (χ2n) is 11.2. The number of hydrogen-bond acceptors (Lipinski definition) is 3. The predicted molar refractivity (Wildman–Crippen MR) is 111 cm³/mol. The van der Waals surface area contributed by atoms with E-state index in [2.05, 4.69) is 24.0 Å². The van der Waals surface area contributed by atoms with Gasteiger partial charge in [0, 0.05) is 18.6 Å². The van der Waals surface area contributed by atoms with Crippen LogP contribution in [0.25, 0.3) is 0 Å². The fraction of sp³-hybridized carbons (Fsp3) is 0.654. The highest BCUT2D eigenvalue weighted by Gasteiger charge is 2.84. The van der Waals surface area contributed by atoms with Crippen LogP contribution in [0.2, 0.25) is 0 Å². The molecule has 3 nitrogen and oxygen atoms in total. The van der Waals surface area contributed by atoms with Gasteiger partial charge in [-0.2, -0.15) is 0 Å². The van der Waals surface area contributed by atoms with Gasteiger partial charge in [0.2, 0.25) is 0 Å². The van der Waals surface area contributed by atoms with Gasteiger partial charge in [0.05, 0.1) is 12.2 Å². The summed E-state index contributed by atoms with van der Waals surface area (Å²) >= 11 is 0. The van der Waals surface area contributed by atoms with Gasteiger partial charge in [0.25, 0.3) is 0 Å². The molecule has 4 aliphatic carbocycles. The summed E-state index contributed by atoms with van der Waals surface area (Å²) in [5, 5.41) is 0. The summed E-state index contributed by atoms with van der Waals surface area (Å²) < 4.78 is 5.81. The SMILES string of the molecule is C[C@@]12CCC[C@@]34[C@@H]5[C@H]6C=CC[C@@H]3[C@@]6(CCOC(=O)c3ccccc3)C[C@H]([C@H]14)N5C2. The van der Waals surface area contributed by atoms with Crippen LogP contribution in [0, 0.1) is 34.0 Å². The van der Waals surface area contributed by atoms with Crippen molar-refractivity contribution in [2.45, 2.75) is 57.5 Å². The van der Waals surface area contributed by atoms with Crippen molar-refractivity contribution in [3.8, 4) is 0 Å². The Morgan fingerprint density at radius 2 is 2.10 bits per heavy atom. The quantitative estimate of drug-likeness (QED) is 0.553. The Morgan fingerprint density at radius 1 is 1.24 bits per heavy atom. The van der Waals surface area contributed by atoms with Crippen molar-refractivity contribution in [3.05, 3.63) is 48.0 Å². The maximum atomic E-state index is 12.5. The third kappa shape index (κ3) is 1.80. The van der Waals surface area contributed by atoms with Crippen molar-refractivity contribution in [2.75, 3.05) is 13.2 Å². The molecule has 3 saturated heterocycles. The topological polar surface area (TPSA) is 29.5 Å². The number of carbonyl (C=O) groups is 1. The van der Waals surface area contributed by atoms with Gasteiger partial charge in [-0.3, -0.25) is 4.90 Å². The number of benzene rings is 1. The molecule has 0 radical (unpaired) electrons. The van der Waals surface area contributed by atoms with Crippen LogP contribution in [0.15, 0.2) is 42.5 Å². The molecule has 1 aromatic carbocycles. The standard InChI is InChI=1S/C26H31NO2/c1-24-11-6-12-26-20-10-5-9-18-22(26)27(16-24)19(21(24)26)15-25(18,20)13-14-29-23(28)17-7-3-2-4-8-17/h2-5,7-9,18-22H,6,10-16H2,1H3/t18-,19-,20-,21-,22+,24+,25+,26-/m1/s1. The van der Waals surface area contributed by atoms with Gasteiger partial charge in [0.15, 0.2) is 0 Å². The van der Waals surface area contributed by atoms with Gasteiger partial charge in [-0.1, -0.05) is 43.7 Å². The molecule has 0 aromatic heterocycles. The van der Waals surface area contributed by atoms with E-state index in [1.54, 1.807) is 0 Å². The van der Waals surface area contributed by atoms with Crippen molar-refractivity contribution in [2.24, 2.45) is 34.0 Å². The van der Waals surface area contributed by atoms with E-state index in [-0.39, 0.29) is 5.97 Å². The van der Waals surface area contributed by atoms with Crippen molar-refractivity contribution in [1.82, 2.24) is 4.90 Å². The Morgan fingerprint density at radius 3 is 2.97 bits per heavy atom. The molecule has 29 heavy (non-hydrogen) atoms. The Hall–Kier alpha value is -1.61. The molecular formula is C26H31NO2. The van der Waals surface area contributed by atoms with Crippen LogP contribution in [0.3, 0.4) is 0 Å². The molecule has 3 heterocycles. The number of piperidine rings is 2. The van der Waals surface area contributed by atoms with Crippen molar-refractivity contribution >= 4 is 5.97 Å². The van der Waals surface area contributed by atoms with E-state index in [9.17, 15) is 4.79 Å². The number of nitrogens with zero attached hydrogens (tertiary/aromatic N) is 1. The molecule has 0 amide bonds. The Labute approximate surface area is 173 Å². The average molecular weight is 390 g/mol. The lowest BCUT2D eigenvalue weighted by Gasteiger charge is -2.58. The summed E-state index contributed by atoms with van der Waals surface area (Å²) in [6, 6.07) is 11.0. The lowest BCUT2D eigenvalue weighted by Crippen LogP contribution is -2.56. The molecule has 7 aliphatic rings. The number of allylic oxidation sites excluding steroid dienone is 1. The molecule has 1 unspecified atom stereocenters. The first-order chi connectivity index (χ1) is 14.1. The molecule has 8 rings (SSSR count). The highest BCUT2D eigenvalue weighted by atomic mass is 16.5. The average Bonchev–Trinajstić information content (AvgIpc) is 3.11. The third-order valence-corrected chi connectivity index (χ3v) is 10.4. The zero-order chi connectivity index (χ0) is 19.4. The summed E-state index contributed by atoms with van der Waals surface area (Å²) in [5.41, 5.74) is 2.15. The molecule has 3 saturated carbocycles. The van der Waals surface area contributed by atoms with Gasteiger partial charge in [0.1, 0.15) is 0 Å². The van der Waals surface area contributed by atoms with Gasteiger partial charge < -0.3 is 4.74 Å². The summed E-state index contributed by atoms with van der Waals surface area (Å²) in [6.45, 7) is 4.52. The number of esters is 1. The number of rotatable bonds is 4. The van der Waals surface area contributed by atoms with Crippen molar-refractivity contribution < 1.29 is 9.53 Å². The Balaban J connectivity index is 1.19. The molecule has 3 heteroatoms. The minimum atomic E-state index is -0.162. The van der Waals surface area contributed by atoms with Gasteiger partial charge >= 0.3 is 5.97 Å². The number of ether oxygens (including phenoxy) is 1. The summed E-state index contributed by atoms with van der Waals surface area (Å²) in [6.07, 6.45) is 13.0. The van der Waals surface area contributed by atoms with Crippen LogP contribution in [-0.2, 0) is 4.74 Å². The van der Waals surface area contributed by atoms with Crippen LogP contribution >= 0.6 is 0 Å². The first kappa shape index (κ1) is 17.1. The third-order valence-electron chi connectivity index (χ3n) is 10.4. The van der Waals surface area contributed by atoms with E-state index in [1.165, 1.54) is 38.6 Å². The van der Waals surface area contributed by atoms with E-state index in [0.717, 1.165) is 30.3 Å². The number of hydrogen-bond donors (Lipinski definition) is 0. The van der Waals surface area contributed by atoms with E-state index in [4.69, 9.17) is 4.74 Å². The molecule has 1 spiro atoms. The Bertz CT molecular complexity index is 911. The minimum absolute atomic E-state index is 0.162. The normalized spacial score (nSPS) is 52.2. The first-order valence-electron chi connectivity index (χ1n) is 11.7. The summed E-state index contributed by atoms with van der Waals surface area (Å²) in [7, 11) is 0. The lowest BCUT2D eigenvalue weighted by atomic mass is 9.45. The molecule has 6 fully saturated rings. The molecule has 0 N–H and O–H groups in total. The fourth-order valence-electron chi connectivity index (χ4n) is 10.1. The van der Waals surface area contributed by atoms with Gasteiger partial charge in [-0.15, -0.1) is 0 Å². The predicted octanol–water partition coefficient (Wildman–Crippen LogP) is 4.69. The highest BCUT2D eigenvalue weighted by molar-refractivity contribution is 5.89. The molecule has 3 aliphatic heterocycles.